The number of nitrogens with one attached hydrogen (secondary N) is 2. The number of amides is 1. The highest BCUT2D eigenvalue weighted by Crippen LogP contribution is 2.34. The van der Waals surface area contributed by atoms with E-state index < -0.39 is 17.6 Å². The van der Waals surface area contributed by atoms with Crippen molar-refractivity contribution in [3.63, 3.8) is 0 Å². The highest BCUT2D eigenvalue weighted by atomic mass is 19.2. The van der Waals surface area contributed by atoms with Gasteiger partial charge in [-0.3, -0.25) is 4.79 Å². The molecule has 0 radical (unpaired) electrons. The lowest BCUT2D eigenvalue weighted by Crippen LogP contribution is -2.23. The molecule has 3 heterocycles. The average molecular weight is 501 g/mol. The van der Waals surface area contributed by atoms with Crippen LogP contribution in [0.5, 0.6) is 0 Å². The molecule has 0 aliphatic carbocycles. The second-order valence-corrected chi connectivity index (χ2v) is 8.96. The minimum Gasteiger partial charge on any atom is -0.464 e. The lowest BCUT2D eigenvalue weighted by Gasteiger charge is -2.15. The normalized spacial score (nSPS) is 16.2. The minimum atomic E-state index is -0.924. The van der Waals surface area contributed by atoms with Crippen LogP contribution in [-0.4, -0.2) is 41.2 Å². The summed E-state index contributed by atoms with van der Waals surface area (Å²) in [4.78, 5) is 30.4. The Hall–Kier alpha value is -3.53. The fraction of sp³-hybridized carbons (Fsp3) is 0.423. The zero-order valence-electron chi connectivity index (χ0n) is 20.6. The summed E-state index contributed by atoms with van der Waals surface area (Å²) in [6.07, 6.45) is 3.92. The quantitative estimate of drug-likeness (QED) is 0.407. The van der Waals surface area contributed by atoms with E-state index in [0.29, 0.717) is 47.5 Å². The number of carbonyl (C=O) groups excluding carboxylic acids is 2. The molecule has 0 spiro atoms. The minimum absolute atomic E-state index is 0.0879. The molecule has 192 valence electrons. The van der Waals surface area contributed by atoms with Crippen LogP contribution in [0.2, 0.25) is 0 Å². The SMILES string of the molecule is CCC(C)C(=O)Nc1c(C(=O)OC)n(CC2CCCO2)c2ncc(NCc3ccc(F)c(F)c3)cc12. The van der Waals surface area contributed by atoms with Gasteiger partial charge in [-0.05, 0) is 43.0 Å². The Morgan fingerprint density at radius 3 is 2.75 bits per heavy atom. The van der Waals surface area contributed by atoms with Crippen LogP contribution >= 0.6 is 0 Å². The number of hydrogen-bond acceptors (Lipinski definition) is 6. The van der Waals surface area contributed by atoms with Gasteiger partial charge in [0.2, 0.25) is 5.91 Å². The first-order chi connectivity index (χ1) is 17.3. The van der Waals surface area contributed by atoms with E-state index >= 15 is 0 Å². The molecular weight excluding hydrogens is 470 g/mol. The first-order valence-corrected chi connectivity index (χ1v) is 12.0. The lowest BCUT2D eigenvalue weighted by molar-refractivity contribution is -0.119. The number of halogens is 2. The van der Waals surface area contributed by atoms with Gasteiger partial charge in [-0.15, -0.1) is 0 Å². The summed E-state index contributed by atoms with van der Waals surface area (Å²) in [5.41, 5.74) is 2.15. The van der Waals surface area contributed by atoms with Crippen LogP contribution in [0.25, 0.3) is 11.0 Å². The zero-order chi connectivity index (χ0) is 25.8. The molecule has 2 atom stereocenters. The Kier molecular flexibility index (Phi) is 7.83. The van der Waals surface area contributed by atoms with E-state index in [9.17, 15) is 18.4 Å². The van der Waals surface area contributed by atoms with Gasteiger partial charge in [-0.25, -0.2) is 18.6 Å². The van der Waals surface area contributed by atoms with Gasteiger partial charge in [-0.1, -0.05) is 19.9 Å². The lowest BCUT2D eigenvalue weighted by atomic mass is 10.1. The molecule has 1 amide bonds. The topological polar surface area (TPSA) is 94.5 Å². The molecule has 1 aliphatic heterocycles. The molecule has 1 saturated heterocycles. The summed E-state index contributed by atoms with van der Waals surface area (Å²) in [6, 6.07) is 5.46. The Bertz CT molecular complexity index is 1270. The van der Waals surface area contributed by atoms with Crippen molar-refractivity contribution in [3.05, 3.63) is 53.4 Å². The number of nitrogens with zero attached hydrogens (tertiary/aromatic N) is 2. The van der Waals surface area contributed by atoms with Gasteiger partial charge >= 0.3 is 5.97 Å². The van der Waals surface area contributed by atoms with Crippen molar-refractivity contribution in [1.82, 2.24) is 9.55 Å². The number of hydrogen-bond donors (Lipinski definition) is 2. The van der Waals surface area contributed by atoms with E-state index in [1.54, 1.807) is 16.8 Å². The van der Waals surface area contributed by atoms with Crippen molar-refractivity contribution in [2.24, 2.45) is 5.92 Å². The van der Waals surface area contributed by atoms with Crippen molar-refractivity contribution in [3.8, 4) is 0 Å². The van der Waals surface area contributed by atoms with Gasteiger partial charge in [0.25, 0.3) is 0 Å². The molecule has 10 heteroatoms. The largest absolute Gasteiger partial charge is 0.464 e. The molecule has 2 aromatic heterocycles. The van der Waals surface area contributed by atoms with E-state index in [-0.39, 0.29) is 30.2 Å². The predicted octanol–water partition coefficient (Wildman–Crippen LogP) is 4.88. The maximum Gasteiger partial charge on any atom is 0.356 e. The highest BCUT2D eigenvalue weighted by Gasteiger charge is 2.29. The first-order valence-electron chi connectivity index (χ1n) is 12.0. The van der Waals surface area contributed by atoms with E-state index in [1.165, 1.54) is 13.2 Å². The molecule has 1 aromatic carbocycles. The fourth-order valence-corrected chi connectivity index (χ4v) is 4.21. The third kappa shape index (κ3) is 5.33. The Balaban J connectivity index is 1.76. The van der Waals surface area contributed by atoms with E-state index in [4.69, 9.17) is 9.47 Å². The number of ether oxygens (including phenoxy) is 2. The monoisotopic (exact) mass is 500 g/mol. The third-order valence-electron chi connectivity index (χ3n) is 6.48. The van der Waals surface area contributed by atoms with Crippen molar-refractivity contribution in [2.45, 2.75) is 52.3 Å². The molecular formula is C26H30F2N4O4. The summed E-state index contributed by atoms with van der Waals surface area (Å²) in [6.45, 7) is 4.98. The summed E-state index contributed by atoms with van der Waals surface area (Å²) in [5.74, 6) is -2.92. The third-order valence-corrected chi connectivity index (χ3v) is 6.48. The molecule has 4 rings (SSSR count). The van der Waals surface area contributed by atoms with Crippen LogP contribution in [-0.2, 0) is 27.4 Å². The Morgan fingerprint density at radius 2 is 2.08 bits per heavy atom. The number of methoxy groups -OCH3 is 1. The maximum absolute atomic E-state index is 13.6. The fourth-order valence-electron chi connectivity index (χ4n) is 4.21. The zero-order valence-corrected chi connectivity index (χ0v) is 20.6. The van der Waals surface area contributed by atoms with Gasteiger partial charge < -0.3 is 24.7 Å². The van der Waals surface area contributed by atoms with Gasteiger partial charge in [0, 0.05) is 24.5 Å². The average Bonchev–Trinajstić information content (AvgIpc) is 3.50. The Morgan fingerprint density at radius 1 is 1.28 bits per heavy atom. The van der Waals surface area contributed by atoms with Gasteiger partial charge in [0.15, 0.2) is 17.3 Å². The maximum atomic E-state index is 13.6. The summed E-state index contributed by atoms with van der Waals surface area (Å²) in [5, 5.41) is 6.62. The van der Waals surface area contributed by atoms with Crippen LogP contribution < -0.4 is 10.6 Å². The van der Waals surface area contributed by atoms with Gasteiger partial charge in [-0.2, -0.15) is 0 Å². The summed E-state index contributed by atoms with van der Waals surface area (Å²) in [7, 11) is 1.29. The van der Waals surface area contributed by atoms with Gasteiger partial charge in [0.05, 0.1) is 37.3 Å². The number of pyridine rings is 1. The molecule has 8 nitrogen and oxygen atoms in total. The molecule has 2 unspecified atom stereocenters. The van der Waals surface area contributed by atoms with E-state index in [2.05, 4.69) is 15.6 Å². The second kappa shape index (κ2) is 11.0. The van der Waals surface area contributed by atoms with Crippen LogP contribution in [0.1, 0.15) is 49.2 Å². The van der Waals surface area contributed by atoms with E-state index in [0.717, 1.165) is 25.0 Å². The van der Waals surface area contributed by atoms with Gasteiger partial charge in [0.1, 0.15) is 5.65 Å². The van der Waals surface area contributed by atoms with Crippen molar-refractivity contribution in [2.75, 3.05) is 24.4 Å². The molecule has 36 heavy (non-hydrogen) atoms. The van der Waals surface area contributed by atoms with Crippen molar-refractivity contribution >= 4 is 34.3 Å². The van der Waals surface area contributed by atoms with Crippen LogP contribution in [0, 0.1) is 17.6 Å². The second-order valence-electron chi connectivity index (χ2n) is 8.96. The number of fused-ring (bicyclic) bond motifs is 1. The highest BCUT2D eigenvalue weighted by molar-refractivity contribution is 6.11. The molecule has 1 aliphatic rings. The molecule has 2 N–H and O–H groups in total. The summed E-state index contributed by atoms with van der Waals surface area (Å²) < 4.78 is 39.5. The predicted molar refractivity (Wildman–Crippen MR) is 132 cm³/mol. The summed E-state index contributed by atoms with van der Waals surface area (Å²) >= 11 is 0. The van der Waals surface area contributed by atoms with Crippen molar-refractivity contribution < 1.29 is 27.8 Å². The van der Waals surface area contributed by atoms with E-state index in [1.807, 2.05) is 13.8 Å². The number of benzene rings is 1. The number of aromatic nitrogens is 2. The number of esters is 1. The molecule has 0 bridgehead atoms. The van der Waals surface area contributed by atoms with Crippen molar-refractivity contribution in [1.29, 1.82) is 0 Å². The standard InChI is InChI=1S/C26H30F2N4O4/c1-4-15(2)25(33)31-22-19-11-17(29-12-16-7-8-20(27)21(28)10-16)13-30-24(19)32(23(22)26(34)35-3)14-18-6-5-9-36-18/h7-8,10-11,13,15,18,29H,4-6,9,12,14H2,1-3H3,(H,31,33). The molecule has 1 fully saturated rings. The Labute approximate surface area is 208 Å². The smallest absolute Gasteiger partial charge is 0.356 e. The van der Waals surface area contributed by atoms with Crippen LogP contribution in [0.4, 0.5) is 20.2 Å². The van der Waals surface area contributed by atoms with Crippen LogP contribution in [0.15, 0.2) is 30.5 Å². The number of rotatable bonds is 9. The number of carbonyl (C=O) groups is 2. The number of anilines is 2. The first kappa shape index (κ1) is 25.6. The molecule has 3 aromatic rings. The molecule has 0 saturated carbocycles. The van der Waals surface area contributed by atoms with Crippen LogP contribution in [0.3, 0.4) is 0 Å².